The Morgan fingerprint density at radius 3 is 2.78 bits per heavy atom. The van der Waals surface area contributed by atoms with E-state index >= 15 is 0 Å². The molecular weight excluding hydrogens is 347 g/mol. The molecule has 1 rings (SSSR count). The summed E-state index contributed by atoms with van der Waals surface area (Å²) in [6.07, 6.45) is 1.91. The molecule has 1 aromatic carbocycles. The van der Waals surface area contributed by atoms with Gasteiger partial charge in [-0.1, -0.05) is 34.7 Å². The van der Waals surface area contributed by atoms with Gasteiger partial charge in [-0.15, -0.1) is 0 Å². The Hall–Kier alpha value is -1.18. The molecular formula is C12H15IN2O3. The van der Waals surface area contributed by atoms with Crippen molar-refractivity contribution in [3.05, 3.63) is 39.4 Å². The Labute approximate surface area is 119 Å². The lowest BCUT2D eigenvalue weighted by Crippen LogP contribution is -2.25. The van der Waals surface area contributed by atoms with Gasteiger partial charge in [0.1, 0.15) is 5.56 Å². The van der Waals surface area contributed by atoms with Crippen LogP contribution < -0.4 is 5.32 Å². The molecule has 0 aromatic heterocycles. The molecule has 0 radical (unpaired) electrons. The van der Waals surface area contributed by atoms with Crippen molar-refractivity contribution in [2.75, 3.05) is 11.0 Å². The van der Waals surface area contributed by atoms with Crippen molar-refractivity contribution in [1.82, 2.24) is 5.32 Å². The van der Waals surface area contributed by atoms with Gasteiger partial charge in [-0.25, -0.2) is 0 Å². The Bertz CT molecular complexity index is 449. The molecule has 0 atom stereocenters. The Morgan fingerprint density at radius 1 is 1.44 bits per heavy atom. The first-order chi connectivity index (χ1) is 8.57. The zero-order chi connectivity index (χ0) is 13.5. The third kappa shape index (κ3) is 3.94. The molecule has 0 aliphatic rings. The number of para-hydroxylation sites is 1. The number of benzene rings is 1. The number of nitro groups is 1. The minimum Gasteiger partial charge on any atom is -0.352 e. The van der Waals surface area contributed by atoms with E-state index in [4.69, 9.17) is 0 Å². The monoisotopic (exact) mass is 362 g/mol. The smallest absolute Gasteiger partial charge is 0.285 e. The van der Waals surface area contributed by atoms with Crippen molar-refractivity contribution in [3.8, 4) is 0 Å². The second-order valence-electron chi connectivity index (χ2n) is 3.88. The first kappa shape index (κ1) is 14.9. The van der Waals surface area contributed by atoms with Crippen LogP contribution in [0.4, 0.5) is 5.69 Å². The highest BCUT2D eigenvalue weighted by Crippen LogP contribution is 2.22. The number of aryl methyl sites for hydroxylation is 1. The zero-order valence-corrected chi connectivity index (χ0v) is 12.3. The predicted molar refractivity (Wildman–Crippen MR) is 78.3 cm³/mol. The standard InChI is InChI=1S/C12H15IN2O3/c1-9-5-4-6-10(11(9)15(17)18)12(16)14-8-3-2-7-13/h4-6H,2-3,7-8H2,1H3,(H,14,16). The highest BCUT2D eigenvalue weighted by atomic mass is 127. The van der Waals surface area contributed by atoms with Crippen LogP contribution in [0.3, 0.4) is 0 Å². The number of carbonyl (C=O) groups is 1. The molecule has 0 fully saturated rings. The summed E-state index contributed by atoms with van der Waals surface area (Å²) in [6, 6.07) is 4.77. The van der Waals surface area contributed by atoms with Crippen molar-refractivity contribution in [3.63, 3.8) is 0 Å². The lowest BCUT2D eigenvalue weighted by Gasteiger charge is -2.06. The molecule has 0 spiro atoms. The molecule has 1 aromatic rings. The normalized spacial score (nSPS) is 10.1. The molecule has 0 saturated heterocycles. The number of carbonyl (C=O) groups excluding carboxylic acids is 1. The van der Waals surface area contributed by atoms with Gasteiger partial charge < -0.3 is 5.32 Å². The average Bonchev–Trinajstić information content (AvgIpc) is 2.33. The molecule has 0 heterocycles. The number of rotatable bonds is 6. The van der Waals surface area contributed by atoms with E-state index in [2.05, 4.69) is 27.9 Å². The van der Waals surface area contributed by atoms with E-state index in [9.17, 15) is 14.9 Å². The first-order valence-corrected chi connectivity index (χ1v) is 7.18. The van der Waals surface area contributed by atoms with E-state index in [0.717, 1.165) is 17.3 Å². The maximum atomic E-state index is 11.9. The third-order valence-electron chi connectivity index (χ3n) is 2.51. The molecule has 6 heteroatoms. The van der Waals surface area contributed by atoms with Gasteiger partial charge in [0.2, 0.25) is 0 Å². The Balaban J connectivity index is 2.79. The van der Waals surface area contributed by atoms with E-state index in [0.29, 0.717) is 12.1 Å². The minimum atomic E-state index is -0.505. The number of alkyl halides is 1. The number of hydrogen-bond acceptors (Lipinski definition) is 3. The maximum Gasteiger partial charge on any atom is 0.285 e. The summed E-state index contributed by atoms with van der Waals surface area (Å²) in [7, 11) is 0. The first-order valence-electron chi connectivity index (χ1n) is 5.66. The van der Waals surface area contributed by atoms with Gasteiger partial charge in [0, 0.05) is 12.1 Å². The molecule has 0 saturated carbocycles. The highest BCUT2D eigenvalue weighted by Gasteiger charge is 2.21. The number of hydrogen-bond donors (Lipinski definition) is 1. The van der Waals surface area contributed by atoms with Crippen LogP contribution in [0.1, 0.15) is 28.8 Å². The number of amides is 1. The summed E-state index contributed by atoms with van der Waals surface area (Å²) in [5.74, 6) is -0.376. The van der Waals surface area contributed by atoms with Gasteiger partial charge in [-0.05, 0) is 30.3 Å². The Morgan fingerprint density at radius 2 is 2.17 bits per heavy atom. The SMILES string of the molecule is Cc1cccc(C(=O)NCCCCI)c1[N+](=O)[O-]. The van der Waals surface area contributed by atoms with E-state index in [-0.39, 0.29) is 17.2 Å². The van der Waals surface area contributed by atoms with Gasteiger partial charge in [-0.2, -0.15) is 0 Å². The van der Waals surface area contributed by atoms with Crippen molar-refractivity contribution in [1.29, 1.82) is 0 Å². The van der Waals surface area contributed by atoms with Crippen LogP contribution in [0, 0.1) is 17.0 Å². The fraction of sp³-hybridized carbons (Fsp3) is 0.417. The van der Waals surface area contributed by atoms with E-state index in [1.807, 2.05) is 0 Å². The second kappa shape index (κ2) is 7.30. The molecule has 0 unspecified atom stereocenters. The summed E-state index contributed by atoms with van der Waals surface area (Å²) in [6.45, 7) is 2.18. The molecule has 0 aliphatic heterocycles. The maximum absolute atomic E-state index is 11.9. The lowest BCUT2D eigenvalue weighted by molar-refractivity contribution is -0.385. The summed E-state index contributed by atoms with van der Waals surface area (Å²) in [5.41, 5.74) is 0.526. The summed E-state index contributed by atoms with van der Waals surface area (Å²) in [4.78, 5) is 22.3. The van der Waals surface area contributed by atoms with Crippen molar-refractivity contribution in [2.24, 2.45) is 0 Å². The fourth-order valence-electron chi connectivity index (χ4n) is 1.60. The number of halogens is 1. The molecule has 1 N–H and O–H groups in total. The average molecular weight is 362 g/mol. The predicted octanol–water partition coefficient (Wildman–Crippen LogP) is 2.85. The molecule has 5 nitrogen and oxygen atoms in total. The Kier molecular flexibility index (Phi) is 6.03. The lowest BCUT2D eigenvalue weighted by atomic mass is 10.1. The highest BCUT2D eigenvalue weighted by molar-refractivity contribution is 14.1. The summed E-state index contributed by atoms with van der Waals surface area (Å²) >= 11 is 2.27. The topological polar surface area (TPSA) is 72.2 Å². The zero-order valence-electron chi connectivity index (χ0n) is 10.1. The van der Waals surface area contributed by atoms with Crippen molar-refractivity contribution >= 4 is 34.2 Å². The molecule has 0 bridgehead atoms. The van der Waals surface area contributed by atoms with E-state index < -0.39 is 4.92 Å². The molecule has 98 valence electrons. The van der Waals surface area contributed by atoms with E-state index in [1.165, 1.54) is 6.07 Å². The largest absolute Gasteiger partial charge is 0.352 e. The van der Waals surface area contributed by atoms with Crippen LogP contribution in [0.5, 0.6) is 0 Å². The minimum absolute atomic E-state index is 0.108. The summed E-state index contributed by atoms with van der Waals surface area (Å²) < 4.78 is 1.04. The molecule has 1 amide bonds. The third-order valence-corrected chi connectivity index (χ3v) is 3.27. The fourth-order valence-corrected chi connectivity index (χ4v) is 2.14. The van der Waals surface area contributed by atoms with Crippen LogP contribution in [-0.2, 0) is 0 Å². The van der Waals surface area contributed by atoms with Crippen LogP contribution in [-0.4, -0.2) is 21.8 Å². The van der Waals surface area contributed by atoms with Crippen LogP contribution in [0.25, 0.3) is 0 Å². The van der Waals surface area contributed by atoms with E-state index in [1.54, 1.807) is 19.1 Å². The molecule has 18 heavy (non-hydrogen) atoms. The van der Waals surface area contributed by atoms with Gasteiger partial charge >= 0.3 is 0 Å². The number of nitrogens with zero attached hydrogens (tertiary/aromatic N) is 1. The van der Waals surface area contributed by atoms with Gasteiger partial charge in [0.15, 0.2) is 0 Å². The van der Waals surface area contributed by atoms with Crippen molar-refractivity contribution in [2.45, 2.75) is 19.8 Å². The second-order valence-corrected chi connectivity index (χ2v) is 4.96. The van der Waals surface area contributed by atoms with Gasteiger partial charge in [0.25, 0.3) is 11.6 Å². The van der Waals surface area contributed by atoms with Crippen LogP contribution in [0.2, 0.25) is 0 Å². The number of unbranched alkanes of at least 4 members (excludes halogenated alkanes) is 1. The van der Waals surface area contributed by atoms with Gasteiger partial charge in [0.05, 0.1) is 4.92 Å². The van der Waals surface area contributed by atoms with Gasteiger partial charge in [-0.3, -0.25) is 14.9 Å². The van der Waals surface area contributed by atoms with Crippen molar-refractivity contribution < 1.29 is 9.72 Å². The number of nitro benzene ring substituents is 1. The van der Waals surface area contributed by atoms with Crippen LogP contribution in [0.15, 0.2) is 18.2 Å². The quantitative estimate of drug-likeness (QED) is 0.278. The van der Waals surface area contributed by atoms with Crippen LogP contribution >= 0.6 is 22.6 Å². The summed E-state index contributed by atoms with van der Waals surface area (Å²) in [5, 5.41) is 13.7. The molecule has 0 aliphatic carbocycles. The number of nitrogens with one attached hydrogen (secondary N) is 1.